The summed E-state index contributed by atoms with van der Waals surface area (Å²) in [5, 5.41) is 3.14. The van der Waals surface area contributed by atoms with Gasteiger partial charge in [-0.2, -0.15) is 4.31 Å². The number of nitrogens with zero attached hydrogens (tertiary/aromatic N) is 1. The van der Waals surface area contributed by atoms with Crippen LogP contribution in [0.5, 0.6) is 0 Å². The number of esters is 1. The third kappa shape index (κ3) is 6.61. The van der Waals surface area contributed by atoms with Gasteiger partial charge in [0.2, 0.25) is 15.9 Å². The summed E-state index contributed by atoms with van der Waals surface area (Å²) < 4.78 is 37.9. The zero-order valence-electron chi connectivity index (χ0n) is 20.0. The number of hydrogen-bond donors (Lipinski definition) is 1. The second kappa shape index (κ2) is 12.0. The number of ether oxygens (including phenoxy) is 2. The van der Waals surface area contributed by atoms with Crippen LogP contribution in [0.15, 0.2) is 53.4 Å². The van der Waals surface area contributed by atoms with Crippen molar-refractivity contribution < 1.29 is 27.5 Å². The van der Waals surface area contributed by atoms with Crippen molar-refractivity contribution in [2.75, 3.05) is 38.7 Å². The highest BCUT2D eigenvalue weighted by Gasteiger charge is 2.43. The predicted molar refractivity (Wildman–Crippen MR) is 134 cm³/mol. The second-order valence-corrected chi connectivity index (χ2v) is 10.8. The summed E-state index contributed by atoms with van der Waals surface area (Å²) in [5.41, 5.74) is 0.616. The highest BCUT2D eigenvalue weighted by Crippen LogP contribution is 2.38. The van der Waals surface area contributed by atoms with Crippen molar-refractivity contribution in [3.63, 3.8) is 0 Å². The van der Waals surface area contributed by atoms with Crippen LogP contribution in [0, 0.1) is 5.41 Å². The van der Waals surface area contributed by atoms with Gasteiger partial charge >= 0.3 is 5.97 Å². The van der Waals surface area contributed by atoms with Crippen LogP contribution in [-0.4, -0.2) is 58.0 Å². The standard InChI is InChI=1S/C25H31ClN2O6S/c1-3-34-23(29)18-19-8-10-20(11-9-19)27-24(30)25(14-17-33-2)12-15-28(16-13-25)35(31,32)22-7-5-4-6-21(22)26/h4-11H,3,12-18H2,1-2H3,(H,27,30). The van der Waals surface area contributed by atoms with E-state index in [0.717, 1.165) is 5.56 Å². The molecule has 1 fully saturated rings. The van der Waals surface area contributed by atoms with Gasteiger partial charge in [0.05, 0.1) is 23.5 Å². The molecule has 0 radical (unpaired) electrons. The maximum Gasteiger partial charge on any atom is 0.310 e. The minimum Gasteiger partial charge on any atom is -0.466 e. The Morgan fingerprint density at radius 1 is 1.09 bits per heavy atom. The van der Waals surface area contributed by atoms with E-state index in [1.54, 1.807) is 56.5 Å². The fourth-order valence-corrected chi connectivity index (χ4v) is 6.12. The first-order valence-corrected chi connectivity index (χ1v) is 13.3. The van der Waals surface area contributed by atoms with Crippen molar-refractivity contribution in [2.24, 2.45) is 5.41 Å². The maximum atomic E-state index is 13.4. The van der Waals surface area contributed by atoms with Gasteiger partial charge in [-0.3, -0.25) is 9.59 Å². The summed E-state index contributed by atoms with van der Waals surface area (Å²) in [7, 11) is -2.19. The lowest BCUT2D eigenvalue weighted by Crippen LogP contribution is -2.48. The van der Waals surface area contributed by atoms with E-state index in [-0.39, 0.29) is 41.3 Å². The van der Waals surface area contributed by atoms with Gasteiger partial charge in [0, 0.05) is 32.5 Å². The minimum atomic E-state index is -3.77. The summed E-state index contributed by atoms with van der Waals surface area (Å²) in [5.74, 6) is -0.483. The molecule has 0 aromatic heterocycles. The molecule has 3 rings (SSSR count). The zero-order valence-corrected chi connectivity index (χ0v) is 21.5. The topological polar surface area (TPSA) is 102 Å². The summed E-state index contributed by atoms with van der Waals surface area (Å²) >= 11 is 6.14. The van der Waals surface area contributed by atoms with Crippen LogP contribution in [0.25, 0.3) is 0 Å². The van der Waals surface area contributed by atoms with Crippen molar-refractivity contribution in [2.45, 2.75) is 37.5 Å². The third-order valence-electron chi connectivity index (χ3n) is 6.27. The number of sulfonamides is 1. The molecule has 0 saturated carbocycles. The average molecular weight is 523 g/mol. The molecule has 0 unspecified atom stereocenters. The van der Waals surface area contributed by atoms with Crippen molar-refractivity contribution in [3.05, 3.63) is 59.1 Å². The molecule has 1 heterocycles. The molecule has 1 aliphatic heterocycles. The molecule has 1 N–H and O–H groups in total. The highest BCUT2D eigenvalue weighted by atomic mass is 35.5. The lowest BCUT2D eigenvalue weighted by molar-refractivity contribution is -0.142. The summed E-state index contributed by atoms with van der Waals surface area (Å²) in [4.78, 5) is 25.1. The monoisotopic (exact) mass is 522 g/mol. The molecular formula is C25H31ClN2O6S. The first-order chi connectivity index (χ1) is 16.7. The molecule has 0 spiro atoms. The molecule has 2 aromatic carbocycles. The van der Waals surface area contributed by atoms with Gasteiger partial charge in [-0.25, -0.2) is 8.42 Å². The van der Waals surface area contributed by atoms with Crippen LogP contribution >= 0.6 is 11.6 Å². The number of anilines is 1. The zero-order chi connectivity index (χ0) is 25.5. The Morgan fingerprint density at radius 3 is 2.34 bits per heavy atom. The quantitative estimate of drug-likeness (QED) is 0.475. The number of halogens is 1. The number of rotatable bonds is 10. The van der Waals surface area contributed by atoms with Gasteiger partial charge in [0.25, 0.3) is 0 Å². The molecule has 0 aliphatic carbocycles. The third-order valence-corrected chi connectivity index (χ3v) is 8.66. The number of benzene rings is 2. The van der Waals surface area contributed by atoms with Crippen LogP contribution in [0.3, 0.4) is 0 Å². The first kappa shape index (κ1) is 27.1. The van der Waals surface area contributed by atoms with Gasteiger partial charge < -0.3 is 14.8 Å². The Balaban J connectivity index is 1.70. The van der Waals surface area contributed by atoms with E-state index in [2.05, 4.69) is 5.32 Å². The molecule has 0 bridgehead atoms. The van der Waals surface area contributed by atoms with Gasteiger partial charge in [-0.15, -0.1) is 0 Å². The smallest absolute Gasteiger partial charge is 0.310 e. The van der Waals surface area contributed by atoms with Gasteiger partial charge in [0.15, 0.2) is 0 Å². The van der Waals surface area contributed by atoms with Gasteiger partial charge in [-0.1, -0.05) is 35.9 Å². The molecule has 10 heteroatoms. The maximum absolute atomic E-state index is 13.4. The molecule has 0 atom stereocenters. The van der Waals surface area contributed by atoms with Crippen molar-refractivity contribution in [1.82, 2.24) is 4.31 Å². The summed E-state index contributed by atoms with van der Waals surface area (Å²) in [6, 6.07) is 13.4. The van der Waals surface area contributed by atoms with Gasteiger partial charge in [-0.05, 0) is 56.0 Å². The van der Waals surface area contributed by atoms with Crippen LogP contribution in [0.4, 0.5) is 5.69 Å². The lowest BCUT2D eigenvalue weighted by atomic mass is 9.75. The number of methoxy groups -OCH3 is 1. The Kier molecular flexibility index (Phi) is 9.29. The van der Waals surface area contributed by atoms with Crippen molar-refractivity contribution >= 4 is 39.2 Å². The Hall–Kier alpha value is -2.46. The lowest BCUT2D eigenvalue weighted by Gasteiger charge is -2.40. The number of piperidine rings is 1. The van der Waals surface area contributed by atoms with E-state index in [0.29, 0.717) is 38.2 Å². The first-order valence-electron chi connectivity index (χ1n) is 11.5. The Labute approximate surface area is 211 Å². The predicted octanol–water partition coefficient (Wildman–Crippen LogP) is 3.89. The molecule has 2 aromatic rings. The summed E-state index contributed by atoms with van der Waals surface area (Å²) in [6.45, 7) is 2.86. The molecule has 1 aliphatic rings. The molecule has 35 heavy (non-hydrogen) atoms. The fourth-order valence-electron chi connectivity index (χ4n) is 4.18. The summed E-state index contributed by atoms with van der Waals surface area (Å²) in [6.07, 6.45) is 1.34. The van der Waals surface area contributed by atoms with Gasteiger partial charge in [0.1, 0.15) is 4.90 Å². The van der Waals surface area contributed by atoms with E-state index >= 15 is 0 Å². The highest BCUT2D eigenvalue weighted by molar-refractivity contribution is 7.89. The molecule has 8 nitrogen and oxygen atoms in total. The van der Waals surface area contributed by atoms with Crippen molar-refractivity contribution in [3.8, 4) is 0 Å². The van der Waals surface area contributed by atoms with E-state index in [9.17, 15) is 18.0 Å². The number of hydrogen-bond acceptors (Lipinski definition) is 6. The van der Waals surface area contributed by atoms with E-state index in [1.165, 1.54) is 10.4 Å². The van der Waals surface area contributed by atoms with Crippen molar-refractivity contribution in [1.29, 1.82) is 0 Å². The fraction of sp³-hybridized carbons (Fsp3) is 0.440. The number of amides is 1. The number of carbonyl (C=O) groups is 2. The minimum absolute atomic E-state index is 0.0680. The number of carbonyl (C=O) groups excluding carboxylic acids is 2. The molecule has 1 saturated heterocycles. The van der Waals surface area contributed by atoms with Crippen LogP contribution in [-0.2, 0) is 35.5 Å². The molecular weight excluding hydrogens is 492 g/mol. The second-order valence-electron chi connectivity index (χ2n) is 8.49. The molecule has 1 amide bonds. The largest absolute Gasteiger partial charge is 0.466 e. The number of nitrogens with one attached hydrogen (secondary N) is 1. The van der Waals surface area contributed by atoms with E-state index in [4.69, 9.17) is 21.1 Å². The Morgan fingerprint density at radius 2 is 1.74 bits per heavy atom. The van der Waals surface area contributed by atoms with E-state index < -0.39 is 15.4 Å². The van der Waals surface area contributed by atoms with Crippen LogP contribution in [0.1, 0.15) is 31.7 Å². The van der Waals surface area contributed by atoms with E-state index in [1.807, 2.05) is 0 Å². The normalized spacial score (nSPS) is 16.0. The SMILES string of the molecule is CCOC(=O)Cc1ccc(NC(=O)C2(CCOC)CCN(S(=O)(=O)c3ccccc3Cl)CC2)cc1. The average Bonchev–Trinajstić information content (AvgIpc) is 2.84. The van der Waals surface area contributed by atoms with Crippen LogP contribution in [0.2, 0.25) is 5.02 Å². The van der Waals surface area contributed by atoms with Crippen LogP contribution < -0.4 is 5.32 Å². The molecule has 190 valence electrons. The Bertz CT molecular complexity index is 1130.